The molecule has 0 saturated heterocycles. The lowest BCUT2D eigenvalue weighted by Gasteiger charge is -2.17. The molecule has 0 saturated carbocycles. The summed E-state index contributed by atoms with van der Waals surface area (Å²) in [4.78, 5) is 11.4. The summed E-state index contributed by atoms with van der Waals surface area (Å²) in [6, 6.07) is 14.6. The van der Waals surface area contributed by atoms with Crippen LogP contribution in [0.3, 0.4) is 0 Å². The first-order valence-corrected chi connectivity index (χ1v) is 8.30. The van der Waals surface area contributed by atoms with Gasteiger partial charge in [0.1, 0.15) is 5.75 Å². The lowest BCUT2D eigenvalue weighted by Crippen LogP contribution is -2.20. The Kier molecular flexibility index (Phi) is 6.94. The summed E-state index contributed by atoms with van der Waals surface area (Å²) in [5, 5.41) is 4.12. The number of halogens is 1. The number of carbonyl (C=O) groups is 1. The van der Waals surface area contributed by atoms with Gasteiger partial charge < -0.3 is 14.8 Å². The van der Waals surface area contributed by atoms with Gasteiger partial charge in [0.15, 0.2) is 0 Å². The van der Waals surface area contributed by atoms with Gasteiger partial charge in [-0.1, -0.05) is 18.5 Å². The van der Waals surface area contributed by atoms with Crippen LogP contribution < -0.4 is 10.1 Å². The summed E-state index contributed by atoms with van der Waals surface area (Å²) in [5.74, 6) is 0.772. The zero-order chi connectivity index (χ0) is 17.4. The highest BCUT2D eigenvalue weighted by Gasteiger charge is 2.09. The Bertz CT molecular complexity index is 641. The second kappa shape index (κ2) is 9.18. The molecule has 0 aliphatic rings. The van der Waals surface area contributed by atoms with Crippen molar-refractivity contribution in [3.8, 4) is 5.75 Å². The van der Waals surface area contributed by atoms with Gasteiger partial charge >= 0.3 is 5.97 Å². The molecule has 0 amide bonds. The van der Waals surface area contributed by atoms with E-state index >= 15 is 0 Å². The molecule has 1 unspecified atom stereocenters. The molecule has 2 aromatic carbocycles. The van der Waals surface area contributed by atoms with E-state index in [4.69, 9.17) is 16.3 Å². The average molecular weight is 348 g/mol. The van der Waals surface area contributed by atoms with Crippen LogP contribution in [0, 0.1) is 5.92 Å². The number of rotatable bonds is 8. The van der Waals surface area contributed by atoms with E-state index < -0.39 is 0 Å². The number of hydrogen-bond donors (Lipinski definition) is 1. The molecule has 24 heavy (non-hydrogen) atoms. The molecule has 4 nitrogen and oxygen atoms in total. The van der Waals surface area contributed by atoms with Crippen molar-refractivity contribution in [2.45, 2.75) is 13.3 Å². The number of ether oxygens (including phenoxy) is 2. The molecule has 0 bridgehead atoms. The van der Waals surface area contributed by atoms with E-state index in [9.17, 15) is 4.79 Å². The fraction of sp³-hybridized carbons (Fsp3) is 0.316. The second-order valence-electron chi connectivity index (χ2n) is 5.49. The van der Waals surface area contributed by atoms with E-state index in [-0.39, 0.29) is 5.97 Å². The molecule has 0 heterocycles. The highest BCUT2D eigenvalue weighted by molar-refractivity contribution is 6.30. The number of hydrogen-bond acceptors (Lipinski definition) is 4. The maximum Gasteiger partial charge on any atom is 0.337 e. The summed E-state index contributed by atoms with van der Waals surface area (Å²) in [6.45, 7) is 3.56. The minimum Gasteiger partial charge on any atom is -0.493 e. The van der Waals surface area contributed by atoms with Gasteiger partial charge in [0, 0.05) is 23.2 Å². The molecule has 0 fully saturated rings. The summed E-state index contributed by atoms with van der Waals surface area (Å²) in [5.41, 5.74) is 1.56. The molecule has 0 aromatic heterocycles. The summed E-state index contributed by atoms with van der Waals surface area (Å²) < 4.78 is 10.5. The second-order valence-corrected chi connectivity index (χ2v) is 5.93. The Morgan fingerprint density at radius 2 is 1.79 bits per heavy atom. The van der Waals surface area contributed by atoms with Gasteiger partial charge in [-0.15, -0.1) is 0 Å². The lowest BCUT2D eigenvalue weighted by molar-refractivity contribution is 0.0600. The lowest BCUT2D eigenvalue weighted by atomic mass is 10.1. The zero-order valence-corrected chi connectivity index (χ0v) is 14.7. The first kappa shape index (κ1) is 18.1. The number of anilines is 1. The van der Waals surface area contributed by atoms with Crippen LogP contribution >= 0.6 is 11.6 Å². The molecule has 1 N–H and O–H groups in total. The van der Waals surface area contributed by atoms with Gasteiger partial charge in [0.25, 0.3) is 0 Å². The van der Waals surface area contributed by atoms with E-state index in [1.54, 1.807) is 24.3 Å². The van der Waals surface area contributed by atoms with Crippen molar-refractivity contribution >= 4 is 23.3 Å². The number of carbonyl (C=O) groups excluding carboxylic acids is 1. The van der Waals surface area contributed by atoms with Crippen molar-refractivity contribution in [2.24, 2.45) is 5.92 Å². The minimum absolute atomic E-state index is 0.347. The molecular formula is C19H22ClNO3. The first-order valence-electron chi connectivity index (χ1n) is 7.93. The number of esters is 1. The van der Waals surface area contributed by atoms with Crippen molar-refractivity contribution in [1.29, 1.82) is 0 Å². The topological polar surface area (TPSA) is 47.6 Å². The van der Waals surface area contributed by atoms with Crippen LogP contribution in [-0.2, 0) is 4.74 Å². The maximum atomic E-state index is 11.4. The van der Waals surface area contributed by atoms with Gasteiger partial charge in [-0.05, 0) is 55.0 Å². The molecule has 0 aliphatic heterocycles. The minimum atomic E-state index is -0.347. The van der Waals surface area contributed by atoms with Gasteiger partial charge in [-0.2, -0.15) is 0 Å². The normalized spacial score (nSPS) is 11.6. The standard InChI is InChI=1S/C19H22ClNO3/c1-3-14(12-21-17-8-6-16(20)7-9-17)13-24-18-10-4-15(5-11-18)19(22)23-2/h4-11,14,21H,3,12-13H2,1-2H3. The van der Waals surface area contributed by atoms with Crippen LogP contribution in [0.1, 0.15) is 23.7 Å². The molecule has 0 radical (unpaired) electrons. The van der Waals surface area contributed by atoms with Crippen LogP contribution in [0.25, 0.3) is 0 Å². The largest absolute Gasteiger partial charge is 0.493 e. The molecule has 1 atom stereocenters. The monoisotopic (exact) mass is 347 g/mol. The summed E-state index contributed by atoms with van der Waals surface area (Å²) >= 11 is 5.88. The molecule has 0 aliphatic carbocycles. The van der Waals surface area contributed by atoms with Crippen LogP contribution in [0.5, 0.6) is 5.75 Å². The third-order valence-electron chi connectivity index (χ3n) is 3.78. The van der Waals surface area contributed by atoms with Crippen LogP contribution in [0.4, 0.5) is 5.69 Å². The van der Waals surface area contributed by atoms with Gasteiger partial charge in [-0.3, -0.25) is 0 Å². The van der Waals surface area contributed by atoms with Crippen LogP contribution in [-0.4, -0.2) is 26.2 Å². The van der Waals surface area contributed by atoms with Crippen molar-refractivity contribution in [1.82, 2.24) is 0 Å². The fourth-order valence-corrected chi connectivity index (χ4v) is 2.30. The van der Waals surface area contributed by atoms with E-state index in [1.807, 2.05) is 24.3 Å². The average Bonchev–Trinajstić information content (AvgIpc) is 2.63. The highest BCUT2D eigenvalue weighted by Crippen LogP contribution is 2.17. The molecule has 0 spiro atoms. The van der Waals surface area contributed by atoms with Crippen molar-refractivity contribution in [3.63, 3.8) is 0 Å². The van der Waals surface area contributed by atoms with Crippen molar-refractivity contribution in [2.75, 3.05) is 25.6 Å². The Morgan fingerprint density at radius 1 is 1.12 bits per heavy atom. The van der Waals surface area contributed by atoms with Crippen molar-refractivity contribution < 1.29 is 14.3 Å². The Morgan fingerprint density at radius 3 is 2.38 bits per heavy atom. The maximum absolute atomic E-state index is 11.4. The van der Waals surface area contributed by atoms with E-state index in [1.165, 1.54) is 7.11 Å². The van der Waals surface area contributed by atoms with Crippen molar-refractivity contribution in [3.05, 3.63) is 59.1 Å². The summed E-state index contributed by atoms with van der Waals surface area (Å²) in [6.07, 6.45) is 1.00. The number of benzene rings is 2. The predicted octanol–water partition coefficient (Wildman–Crippen LogP) is 4.64. The third-order valence-corrected chi connectivity index (χ3v) is 4.03. The molecular weight excluding hydrogens is 326 g/mol. The Balaban J connectivity index is 1.82. The van der Waals surface area contributed by atoms with E-state index in [2.05, 4.69) is 17.0 Å². The van der Waals surface area contributed by atoms with E-state index in [0.29, 0.717) is 18.1 Å². The molecule has 128 valence electrons. The number of nitrogens with one attached hydrogen (secondary N) is 1. The van der Waals surface area contributed by atoms with Crippen LogP contribution in [0.2, 0.25) is 5.02 Å². The fourth-order valence-electron chi connectivity index (χ4n) is 2.17. The van der Waals surface area contributed by atoms with Gasteiger partial charge in [-0.25, -0.2) is 4.79 Å². The molecule has 5 heteroatoms. The quantitative estimate of drug-likeness (QED) is 0.706. The van der Waals surface area contributed by atoms with Crippen LogP contribution in [0.15, 0.2) is 48.5 Å². The smallest absolute Gasteiger partial charge is 0.337 e. The van der Waals surface area contributed by atoms with E-state index in [0.717, 1.165) is 29.4 Å². The van der Waals surface area contributed by atoms with Gasteiger partial charge in [0.05, 0.1) is 19.3 Å². The zero-order valence-electron chi connectivity index (χ0n) is 13.9. The third kappa shape index (κ3) is 5.46. The first-order chi connectivity index (χ1) is 11.6. The SMILES string of the molecule is CCC(CNc1ccc(Cl)cc1)COc1ccc(C(=O)OC)cc1. The predicted molar refractivity (Wildman–Crippen MR) is 97.0 cm³/mol. The molecule has 2 aromatic rings. The Labute approximate surface area is 147 Å². The van der Waals surface area contributed by atoms with Gasteiger partial charge in [0.2, 0.25) is 0 Å². The molecule has 2 rings (SSSR count). The summed E-state index contributed by atoms with van der Waals surface area (Å²) in [7, 11) is 1.37. The number of methoxy groups -OCH3 is 1. The highest BCUT2D eigenvalue weighted by atomic mass is 35.5. The Hall–Kier alpha value is -2.20.